The van der Waals surface area contributed by atoms with Gasteiger partial charge in [-0.25, -0.2) is 13.6 Å². The molecule has 2 radical (unpaired) electrons. The number of carbonyl (C=O) groups is 1. The Bertz CT molecular complexity index is 378. The summed E-state index contributed by atoms with van der Waals surface area (Å²) in [4.78, 5) is 11.1. The topological polar surface area (TPSA) is 26.3 Å². The van der Waals surface area contributed by atoms with Crippen LogP contribution in [0.15, 0.2) is 12.7 Å². The van der Waals surface area contributed by atoms with E-state index < -0.39 is 6.05 Å². The summed E-state index contributed by atoms with van der Waals surface area (Å²) in [6.07, 6.45) is 22.5. The summed E-state index contributed by atoms with van der Waals surface area (Å²) in [6, 6.07) is -1.38. The minimum Gasteiger partial charge on any atom is -0.460 e. The summed E-state index contributed by atoms with van der Waals surface area (Å²) >= 11 is 0. The molecule has 0 rings (SSSR count). The van der Waals surface area contributed by atoms with Crippen LogP contribution in [0, 0.1) is 0 Å². The largest absolute Gasteiger partial charge is 0.460 e. The first kappa shape index (κ1) is 28.3. The number of halogens is 2. The standard InChI is InChI=1S/C24H44F2O2Si/c1-3-23(27)28-22(2)20-18-16-14-12-10-8-6-4-5-7-9-11-13-15-17-19-21-29-24(25)26/h3,22,24H,1,4-21H2,2H3. The predicted molar refractivity (Wildman–Crippen MR) is 121 cm³/mol. The highest BCUT2D eigenvalue weighted by Gasteiger charge is 2.05. The zero-order chi connectivity index (χ0) is 21.6. The van der Waals surface area contributed by atoms with E-state index in [9.17, 15) is 13.6 Å². The van der Waals surface area contributed by atoms with Gasteiger partial charge in [0, 0.05) is 6.08 Å². The van der Waals surface area contributed by atoms with Gasteiger partial charge in [0.15, 0.2) is 0 Å². The Morgan fingerprint density at radius 1 is 0.793 bits per heavy atom. The molecule has 5 heteroatoms. The van der Waals surface area contributed by atoms with Crippen LogP contribution in [0.4, 0.5) is 8.78 Å². The van der Waals surface area contributed by atoms with Crippen LogP contribution in [-0.2, 0) is 9.53 Å². The van der Waals surface area contributed by atoms with E-state index in [1.165, 1.54) is 89.5 Å². The molecule has 29 heavy (non-hydrogen) atoms. The second-order valence-corrected chi connectivity index (χ2v) is 9.50. The van der Waals surface area contributed by atoms with Crippen molar-refractivity contribution in [2.75, 3.05) is 0 Å². The monoisotopic (exact) mass is 430 g/mol. The molecule has 0 fully saturated rings. The Labute approximate surface area is 181 Å². The summed E-state index contributed by atoms with van der Waals surface area (Å²) in [6.45, 7) is 5.36. The average Bonchev–Trinajstić information content (AvgIpc) is 2.69. The van der Waals surface area contributed by atoms with E-state index in [-0.39, 0.29) is 21.6 Å². The molecule has 0 aliphatic carbocycles. The molecule has 0 bridgehead atoms. The molecule has 0 aromatic rings. The number of unbranched alkanes of at least 4 members (excludes halogenated alkanes) is 15. The van der Waals surface area contributed by atoms with Crippen molar-refractivity contribution in [2.45, 2.75) is 134 Å². The molecule has 1 atom stereocenters. The maximum Gasteiger partial charge on any atom is 0.330 e. The van der Waals surface area contributed by atoms with E-state index >= 15 is 0 Å². The number of esters is 1. The smallest absolute Gasteiger partial charge is 0.330 e. The van der Waals surface area contributed by atoms with Gasteiger partial charge in [-0.1, -0.05) is 109 Å². The third-order valence-electron chi connectivity index (χ3n) is 5.32. The minimum absolute atomic E-state index is 0.00117. The fourth-order valence-corrected chi connectivity index (χ4v) is 4.22. The average molecular weight is 431 g/mol. The van der Waals surface area contributed by atoms with Crippen molar-refractivity contribution in [3.63, 3.8) is 0 Å². The normalized spacial score (nSPS) is 12.3. The van der Waals surface area contributed by atoms with Gasteiger partial charge >= 0.3 is 5.97 Å². The molecule has 0 spiro atoms. The molecule has 0 aliphatic heterocycles. The molecule has 0 aromatic carbocycles. The third kappa shape index (κ3) is 23.4. The van der Waals surface area contributed by atoms with E-state index in [2.05, 4.69) is 6.58 Å². The van der Waals surface area contributed by atoms with Crippen LogP contribution in [0.5, 0.6) is 0 Å². The van der Waals surface area contributed by atoms with Gasteiger partial charge < -0.3 is 4.74 Å². The minimum atomic E-state index is -2.09. The highest BCUT2D eigenvalue weighted by Crippen LogP contribution is 2.15. The lowest BCUT2D eigenvalue weighted by atomic mass is 10.0. The molecular formula is C24H44F2O2Si. The zero-order valence-corrected chi connectivity index (χ0v) is 19.7. The summed E-state index contributed by atoms with van der Waals surface area (Å²) < 4.78 is 29.2. The van der Waals surface area contributed by atoms with Crippen molar-refractivity contribution in [3.05, 3.63) is 12.7 Å². The molecular weight excluding hydrogens is 386 g/mol. The molecule has 0 aromatic heterocycles. The van der Waals surface area contributed by atoms with Crippen LogP contribution >= 0.6 is 0 Å². The lowest BCUT2D eigenvalue weighted by Crippen LogP contribution is -2.12. The Hall–Kier alpha value is -0.713. The van der Waals surface area contributed by atoms with Crippen LogP contribution in [0.25, 0.3) is 0 Å². The fourth-order valence-electron chi connectivity index (χ4n) is 3.55. The molecule has 170 valence electrons. The molecule has 0 heterocycles. The first-order valence-electron chi connectivity index (χ1n) is 11.9. The molecule has 2 nitrogen and oxygen atoms in total. The van der Waals surface area contributed by atoms with Crippen molar-refractivity contribution in [1.29, 1.82) is 0 Å². The van der Waals surface area contributed by atoms with Crippen LogP contribution in [0.2, 0.25) is 6.04 Å². The van der Waals surface area contributed by atoms with Crippen LogP contribution < -0.4 is 0 Å². The van der Waals surface area contributed by atoms with Gasteiger partial charge in [-0.3, -0.25) is 0 Å². The van der Waals surface area contributed by atoms with Gasteiger partial charge in [0.25, 0.3) is 0 Å². The van der Waals surface area contributed by atoms with Crippen LogP contribution in [0.1, 0.15) is 116 Å². The van der Waals surface area contributed by atoms with Gasteiger partial charge in [0.2, 0.25) is 6.05 Å². The van der Waals surface area contributed by atoms with Crippen molar-refractivity contribution >= 4 is 15.5 Å². The lowest BCUT2D eigenvalue weighted by Gasteiger charge is -2.11. The second kappa shape index (κ2) is 22.0. The highest BCUT2D eigenvalue weighted by atomic mass is 28.2. The second-order valence-electron chi connectivity index (χ2n) is 8.15. The van der Waals surface area contributed by atoms with Crippen molar-refractivity contribution in [3.8, 4) is 0 Å². The summed E-state index contributed by atoms with van der Waals surface area (Å²) in [5.41, 5.74) is 0. The number of hydrogen-bond acceptors (Lipinski definition) is 2. The van der Waals surface area contributed by atoms with Gasteiger partial charge in [-0.2, -0.15) is 0 Å². The van der Waals surface area contributed by atoms with E-state index in [1.807, 2.05) is 6.92 Å². The SMILES string of the molecule is C=CC(=O)OC(C)CCCCCCCCCCCCCCCCCC[Si]C(F)F. The predicted octanol–water partition coefficient (Wildman–Crippen LogP) is 8.08. The lowest BCUT2D eigenvalue weighted by molar-refractivity contribution is -0.142. The number of alkyl halides is 2. The van der Waals surface area contributed by atoms with E-state index in [4.69, 9.17) is 4.74 Å². The summed E-state index contributed by atoms with van der Waals surface area (Å²) in [5.74, 6) is -0.322. The Balaban J connectivity index is 3.12. The highest BCUT2D eigenvalue weighted by molar-refractivity contribution is 6.36. The van der Waals surface area contributed by atoms with E-state index in [1.54, 1.807) is 0 Å². The van der Waals surface area contributed by atoms with E-state index in [0.29, 0.717) is 6.04 Å². The van der Waals surface area contributed by atoms with Crippen molar-refractivity contribution < 1.29 is 18.3 Å². The van der Waals surface area contributed by atoms with E-state index in [0.717, 1.165) is 25.7 Å². The zero-order valence-electron chi connectivity index (χ0n) is 18.7. The number of ether oxygens (including phenoxy) is 1. The van der Waals surface area contributed by atoms with Gasteiger partial charge in [-0.05, 0) is 19.8 Å². The summed E-state index contributed by atoms with van der Waals surface area (Å²) in [5, 5.41) is 0. The molecule has 0 saturated heterocycles. The van der Waals surface area contributed by atoms with Gasteiger partial charge in [-0.15, -0.1) is 0 Å². The Morgan fingerprint density at radius 2 is 1.17 bits per heavy atom. The number of carbonyl (C=O) groups excluding carboxylic acids is 1. The van der Waals surface area contributed by atoms with Gasteiger partial charge in [0.1, 0.15) is 9.52 Å². The maximum atomic E-state index is 12.0. The van der Waals surface area contributed by atoms with Crippen molar-refractivity contribution in [1.82, 2.24) is 0 Å². The van der Waals surface area contributed by atoms with Gasteiger partial charge in [0.05, 0.1) is 6.10 Å². The Kier molecular flexibility index (Phi) is 21.4. The maximum absolute atomic E-state index is 12.0. The number of rotatable bonds is 22. The molecule has 0 N–H and O–H groups in total. The van der Waals surface area contributed by atoms with Crippen molar-refractivity contribution in [2.24, 2.45) is 0 Å². The molecule has 0 aliphatic rings. The quantitative estimate of drug-likeness (QED) is 0.0751. The third-order valence-corrected chi connectivity index (χ3v) is 6.27. The van der Waals surface area contributed by atoms with Crippen LogP contribution in [0.3, 0.4) is 0 Å². The Morgan fingerprint density at radius 3 is 1.55 bits per heavy atom. The van der Waals surface area contributed by atoms with Crippen LogP contribution in [-0.4, -0.2) is 27.6 Å². The molecule has 0 saturated carbocycles. The first-order valence-corrected chi connectivity index (χ1v) is 13.2. The first-order chi connectivity index (χ1) is 14.1. The molecule has 0 amide bonds. The fraction of sp³-hybridized carbons (Fsp3) is 0.875. The number of hydrogen-bond donors (Lipinski definition) is 0. The summed E-state index contributed by atoms with van der Waals surface area (Å²) in [7, 11) is -0.153. The molecule has 1 unspecified atom stereocenters.